The first-order valence-electron chi connectivity index (χ1n) is 5.77. The van der Waals surface area contributed by atoms with Crippen molar-refractivity contribution in [3.8, 4) is 0 Å². The third kappa shape index (κ3) is 3.56. The number of piperidine rings is 1. The summed E-state index contributed by atoms with van der Waals surface area (Å²) >= 11 is 0. The first kappa shape index (κ1) is 12.0. The predicted molar refractivity (Wildman–Crippen MR) is 61.0 cm³/mol. The number of hydrogen-bond donors (Lipinski definition) is 2. The van der Waals surface area contributed by atoms with Crippen LogP contribution in [0.4, 0.5) is 0 Å². The van der Waals surface area contributed by atoms with E-state index in [-0.39, 0.29) is 0 Å². The van der Waals surface area contributed by atoms with Crippen molar-refractivity contribution in [1.29, 1.82) is 0 Å². The average Bonchev–Trinajstić information content (AvgIpc) is 2.17. The van der Waals surface area contributed by atoms with Gasteiger partial charge in [-0.1, -0.05) is 6.92 Å². The molecule has 0 aromatic carbocycles. The molecule has 0 bridgehead atoms. The van der Waals surface area contributed by atoms with Gasteiger partial charge < -0.3 is 16.4 Å². The van der Waals surface area contributed by atoms with Crippen LogP contribution in [0.15, 0.2) is 0 Å². The molecule has 1 fully saturated rings. The molecule has 1 rings (SSSR count). The molecule has 0 amide bonds. The molecule has 0 aliphatic carbocycles. The summed E-state index contributed by atoms with van der Waals surface area (Å²) in [6.07, 6.45) is 3.67. The monoisotopic (exact) mass is 199 g/mol. The highest BCUT2D eigenvalue weighted by Crippen LogP contribution is 2.21. The summed E-state index contributed by atoms with van der Waals surface area (Å²) in [5, 5.41) is 0. The second-order valence-electron chi connectivity index (χ2n) is 4.90. The first-order valence-corrected chi connectivity index (χ1v) is 5.77. The Morgan fingerprint density at radius 2 is 2.21 bits per heavy atom. The van der Waals surface area contributed by atoms with Gasteiger partial charge in [-0.25, -0.2) is 0 Å². The molecule has 3 atom stereocenters. The molecule has 14 heavy (non-hydrogen) atoms. The van der Waals surface area contributed by atoms with E-state index in [0.717, 1.165) is 13.0 Å². The van der Waals surface area contributed by atoms with Crippen LogP contribution in [0.5, 0.6) is 0 Å². The Morgan fingerprint density at radius 1 is 1.50 bits per heavy atom. The molecule has 0 aromatic heterocycles. The Morgan fingerprint density at radius 3 is 2.79 bits per heavy atom. The van der Waals surface area contributed by atoms with Gasteiger partial charge in [0.25, 0.3) is 0 Å². The number of rotatable bonds is 4. The Balaban J connectivity index is 2.31. The third-order valence-corrected chi connectivity index (χ3v) is 3.34. The van der Waals surface area contributed by atoms with E-state index < -0.39 is 0 Å². The van der Waals surface area contributed by atoms with Gasteiger partial charge in [0, 0.05) is 12.6 Å². The predicted octanol–water partition coefficient (Wildman–Crippen LogP) is 0.640. The zero-order valence-electron chi connectivity index (χ0n) is 9.58. The molecule has 0 saturated carbocycles. The summed E-state index contributed by atoms with van der Waals surface area (Å²) in [4.78, 5) is 2.39. The van der Waals surface area contributed by atoms with E-state index in [1.807, 2.05) is 0 Å². The van der Waals surface area contributed by atoms with E-state index in [4.69, 9.17) is 11.5 Å². The van der Waals surface area contributed by atoms with Crippen molar-refractivity contribution in [1.82, 2.24) is 4.90 Å². The van der Waals surface area contributed by atoms with Gasteiger partial charge in [-0.3, -0.25) is 0 Å². The Labute approximate surface area is 87.8 Å². The number of nitrogens with zero attached hydrogens (tertiary/aromatic N) is 1. The van der Waals surface area contributed by atoms with Crippen LogP contribution in [0, 0.1) is 11.8 Å². The molecule has 0 spiro atoms. The van der Waals surface area contributed by atoms with Crippen molar-refractivity contribution in [2.45, 2.75) is 32.2 Å². The van der Waals surface area contributed by atoms with Crippen LogP contribution in [0.2, 0.25) is 0 Å². The highest BCUT2D eigenvalue weighted by Gasteiger charge is 2.23. The zero-order valence-corrected chi connectivity index (χ0v) is 9.58. The maximum Gasteiger partial charge on any atom is 0.00823 e. The smallest absolute Gasteiger partial charge is 0.00823 e. The normalized spacial score (nSPS) is 28.7. The van der Waals surface area contributed by atoms with E-state index >= 15 is 0 Å². The summed E-state index contributed by atoms with van der Waals surface area (Å²) in [5.74, 6) is 1.25. The van der Waals surface area contributed by atoms with Gasteiger partial charge in [0.15, 0.2) is 0 Å². The lowest BCUT2D eigenvalue weighted by molar-refractivity contribution is 0.178. The standard InChI is InChI=1S/C11H25N3/c1-9(7-12)6-11(13)10-4-3-5-14(2)8-10/h9-11H,3-8,12-13H2,1-2H3. The van der Waals surface area contributed by atoms with Crippen molar-refractivity contribution >= 4 is 0 Å². The van der Waals surface area contributed by atoms with Gasteiger partial charge in [-0.2, -0.15) is 0 Å². The third-order valence-electron chi connectivity index (χ3n) is 3.34. The summed E-state index contributed by atoms with van der Waals surface area (Å²) in [7, 11) is 2.19. The minimum atomic E-state index is 0.344. The van der Waals surface area contributed by atoms with Crippen LogP contribution in [0.1, 0.15) is 26.2 Å². The van der Waals surface area contributed by atoms with Crippen LogP contribution in [-0.2, 0) is 0 Å². The molecule has 0 radical (unpaired) electrons. The second-order valence-corrected chi connectivity index (χ2v) is 4.90. The summed E-state index contributed by atoms with van der Waals surface area (Å²) in [6, 6.07) is 0.344. The Bertz CT molecular complexity index is 161. The van der Waals surface area contributed by atoms with Crippen LogP contribution < -0.4 is 11.5 Å². The van der Waals surface area contributed by atoms with Crippen LogP contribution in [-0.4, -0.2) is 37.6 Å². The number of hydrogen-bond acceptors (Lipinski definition) is 3. The fraction of sp³-hybridized carbons (Fsp3) is 1.00. The number of likely N-dealkylation sites (tertiary alicyclic amines) is 1. The van der Waals surface area contributed by atoms with Gasteiger partial charge in [0.05, 0.1) is 0 Å². The van der Waals surface area contributed by atoms with Gasteiger partial charge in [-0.05, 0) is 51.2 Å². The van der Waals surface area contributed by atoms with E-state index in [9.17, 15) is 0 Å². The Hall–Kier alpha value is -0.120. The highest BCUT2D eigenvalue weighted by molar-refractivity contribution is 4.80. The van der Waals surface area contributed by atoms with Gasteiger partial charge in [0.1, 0.15) is 0 Å². The summed E-state index contributed by atoms with van der Waals surface area (Å²) in [5.41, 5.74) is 11.8. The minimum Gasteiger partial charge on any atom is -0.330 e. The molecule has 0 aromatic rings. The van der Waals surface area contributed by atoms with Gasteiger partial charge in [-0.15, -0.1) is 0 Å². The zero-order chi connectivity index (χ0) is 10.6. The highest BCUT2D eigenvalue weighted by atomic mass is 15.1. The van der Waals surface area contributed by atoms with Crippen LogP contribution in [0.3, 0.4) is 0 Å². The molecule has 3 heteroatoms. The Kier molecular flexibility index (Phi) is 4.85. The quantitative estimate of drug-likeness (QED) is 0.698. The van der Waals surface area contributed by atoms with Crippen molar-refractivity contribution < 1.29 is 0 Å². The van der Waals surface area contributed by atoms with E-state index in [2.05, 4.69) is 18.9 Å². The van der Waals surface area contributed by atoms with Crippen molar-refractivity contribution in [2.75, 3.05) is 26.7 Å². The SMILES string of the molecule is CC(CN)CC(N)C1CCCN(C)C1. The van der Waals surface area contributed by atoms with Gasteiger partial charge >= 0.3 is 0 Å². The lowest BCUT2D eigenvalue weighted by Gasteiger charge is -2.34. The topological polar surface area (TPSA) is 55.3 Å². The lowest BCUT2D eigenvalue weighted by Crippen LogP contribution is -2.43. The fourth-order valence-corrected chi connectivity index (χ4v) is 2.31. The maximum atomic E-state index is 6.20. The maximum absolute atomic E-state index is 6.20. The molecule has 1 saturated heterocycles. The average molecular weight is 199 g/mol. The molecule has 84 valence electrons. The molecule has 3 nitrogen and oxygen atoms in total. The van der Waals surface area contributed by atoms with Crippen molar-refractivity contribution in [3.05, 3.63) is 0 Å². The van der Waals surface area contributed by atoms with E-state index in [1.54, 1.807) is 0 Å². The molecular weight excluding hydrogens is 174 g/mol. The molecule has 1 aliphatic heterocycles. The second kappa shape index (κ2) is 5.69. The molecule has 4 N–H and O–H groups in total. The van der Waals surface area contributed by atoms with Crippen LogP contribution in [0.25, 0.3) is 0 Å². The van der Waals surface area contributed by atoms with E-state index in [0.29, 0.717) is 17.9 Å². The lowest BCUT2D eigenvalue weighted by atomic mass is 9.86. The molecule has 1 aliphatic rings. The van der Waals surface area contributed by atoms with Crippen LogP contribution >= 0.6 is 0 Å². The van der Waals surface area contributed by atoms with Crippen molar-refractivity contribution in [3.63, 3.8) is 0 Å². The fourth-order valence-electron chi connectivity index (χ4n) is 2.31. The van der Waals surface area contributed by atoms with Crippen molar-refractivity contribution in [2.24, 2.45) is 23.3 Å². The summed E-state index contributed by atoms with van der Waals surface area (Å²) < 4.78 is 0. The largest absolute Gasteiger partial charge is 0.330 e. The molecule has 1 heterocycles. The molecular formula is C11H25N3. The number of nitrogens with two attached hydrogens (primary N) is 2. The van der Waals surface area contributed by atoms with E-state index in [1.165, 1.54) is 25.9 Å². The minimum absolute atomic E-state index is 0.344. The van der Waals surface area contributed by atoms with Gasteiger partial charge in [0.2, 0.25) is 0 Å². The summed E-state index contributed by atoms with van der Waals surface area (Å²) in [6.45, 7) is 5.34. The molecule has 3 unspecified atom stereocenters. The first-order chi connectivity index (χ1) is 6.63.